The molecule has 0 aliphatic rings. The van der Waals surface area contributed by atoms with Crippen molar-refractivity contribution in [2.45, 2.75) is 19.4 Å². The Hall–Kier alpha value is -1.18. The molecule has 0 aromatic heterocycles. The monoisotopic (exact) mass is 468 g/mol. The number of rotatable bonds is 6. The maximum Gasteiger partial charge on any atom is 0.248 e. The summed E-state index contributed by atoms with van der Waals surface area (Å²) in [7, 11) is -3.77. The molecule has 5 nitrogen and oxygen atoms in total. The smallest absolute Gasteiger partial charge is 0.248 e. The summed E-state index contributed by atoms with van der Waals surface area (Å²) in [5.74, 6) is -0.566. The standard InChI is InChI=1S/C17H16Cl4N2O3S/c1-3-16(17(24)22-15-9-13(20)12(19)8-14(15)21)23(27(2,25)26)11-6-4-5-10(18)7-11/h4-9,16H,3H2,1-2H3,(H,22,24)/t16-/m1/s1. The summed E-state index contributed by atoms with van der Waals surface area (Å²) in [4.78, 5) is 12.9. The molecule has 146 valence electrons. The van der Waals surface area contributed by atoms with E-state index in [1.807, 2.05) is 0 Å². The zero-order valence-electron chi connectivity index (χ0n) is 14.3. The number of carbonyl (C=O) groups excluding carboxylic acids is 1. The van der Waals surface area contributed by atoms with Crippen molar-refractivity contribution >= 4 is 73.7 Å². The molecule has 0 saturated carbocycles. The van der Waals surface area contributed by atoms with Gasteiger partial charge in [-0.3, -0.25) is 9.10 Å². The Morgan fingerprint density at radius 1 is 1.07 bits per heavy atom. The molecule has 0 spiro atoms. The Bertz CT molecular complexity index is 967. The number of anilines is 2. The van der Waals surface area contributed by atoms with Crippen LogP contribution in [0.4, 0.5) is 11.4 Å². The Balaban J connectivity index is 2.42. The summed E-state index contributed by atoms with van der Waals surface area (Å²) in [5, 5.41) is 3.59. The molecule has 27 heavy (non-hydrogen) atoms. The maximum atomic E-state index is 12.9. The molecule has 1 amide bonds. The van der Waals surface area contributed by atoms with E-state index in [1.54, 1.807) is 25.1 Å². The van der Waals surface area contributed by atoms with Crippen molar-refractivity contribution in [3.8, 4) is 0 Å². The van der Waals surface area contributed by atoms with Gasteiger partial charge in [0.05, 0.1) is 32.7 Å². The highest BCUT2D eigenvalue weighted by atomic mass is 35.5. The molecule has 0 heterocycles. The number of hydrogen-bond acceptors (Lipinski definition) is 3. The molecule has 0 unspecified atom stereocenters. The highest BCUT2D eigenvalue weighted by molar-refractivity contribution is 7.92. The first-order valence-corrected chi connectivity index (χ1v) is 11.1. The van der Waals surface area contributed by atoms with E-state index in [1.165, 1.54) is 18.2 Å². The number of amides is 1. The van der Waals surface area contributed by atoms with Crippen molar-refractivity contribution in [2.75, 3.05) is 15.9 Å². The van der Waals surface area contributed by atoms with Crippen molar-refractivity contribution in [3.63, 3.8) is 0 Å². The number of hydrogen-bond donors (Lipinski definition) is 1. The largest absolute Gasteiger partial charge is 0.323 e. The minimum atomic E-state index is -3.77. The molecular weight excluding hydrogens is 454 g/mol. The fraction of sp³-hybridized carbons (Fsp3) is 0.235. The Labute approximate surface area is 178 Å². The second-order valence-corrected chi connectivity index (χ2v) is 9.22. The second kappa shape index (κ2) is 8.88. The van der Waals surface area contributed by atoms with Crippen LogP contribution in [-0.2, 0) is 14.8 Å². The van der Waals surface area contributed by atoms with E-state index in [9.17, 15) is 13.2 Å². The number of sulfonamides is 1. The summed E-state index contributed by atoms with van der Waals surface area (Å²) in [6.45, 7) is 1.70. The predicted octanol–water partition coefficient (Wildman–Crippen LogP) is 5.48. The Morgan fingerprint density at radius 2 is 1.70 bits per heavy atom. The van der Waals surface area contributed by atoms with Gasteiger partial charge in [-0.05, 0) is 36.8 Å². The lowest BCUT2D eigenvalue weighted by Crippen LogP contribution is -2.47. The van der Waals surface area contributed by atoms with Crippen LogP contribution >= 0.6 is 46.4 Å². The molecule has 1 N–H and O–H groups in total. The second-order valence-electron chi connectivity index (χ2n) is 5.70. The summed E-state index contributed by atoms with van der Waals surface area (Å²) in [5.41, 5.74) is 0.515. The average Bonchev–Trinajstić information content (AvgIpc) is 2.56. The third kappa shape index (κ3) is 5.42. The van der Waals surface area contributed by atoms with Crippen molar-refractivity contribution in [2.24, 2.45) is 0 Å². The van der Waals surface area contributed by atoms with Crippen LogP contribution in [0.3, 0.4) is 0 Å². The van der Waals surface area contributed by atoms with Crippen LogP contribution in [-0.4, -0.2) is 26.6 Å². The van der Waals surface area contributed by atoms with Crippen LogP contribution in [0.2, 0.25) is 20.1 Å². The normalized spacial score (nSPS) is 12.5. The van der Waals surface area contributed by atoms with Crippen LogP contribution in [0.5, 0.6) is 0 Å². The molecule has 0 fully saturated rings. The topological polar surface area (TPSA) is 66.5 Å². The van der Waals surface area contributed by atoms with E-state index < -0.39 is 22.0 Å². The molecule has 0 saturated heterocycles. The molecule has 2 aromatic carbocycles. The summed E-state index contributed by atoms with van der Waals surface area (Å²) < 4.78 is 25.8. The maximum absolute atomic E-state index is 12.9. The van der Waals surface area contributed by atoms with Gasteiger partial charge in [-0.15, -0.1) is 0 Å². The SMILES string of the molecule is CC[C@H](C(=O)Nc1cc(Cl)c(Cl)cc1Cl)N(c1cccc(Cl)c1)S(C)(=O)=O. The summed E-state index contributed by atoms with van der Waals surface area (Å²) in [6, 6.07) is 8.04. The molecule has 0 aliphatic carbocycles. The lowest BCUT2D eigenvalue weighted by Gasteiger charge is -2.30. The van der Waals surface area contributed by atoms with Gasteiger partial charge in [0.1, 0.15) is 6.04 Å². The molecule has 0 bridgehead atoms. The van der Waals surface area contributed by atoms with Gasteiger partial charge in [0.2, 0.25) is 15.9 Å². The van der Waals surface area contributed by atoms with Crippen LogP contribution in [0.15, 0.2) is 36.4 Å². The van der Waals surface area contributed by atoms with Crippen molar-refractivity contribution in [1.82, 2.24) is 0 Å². The van der Waals surface area contributed by atoms with Gasteiger partial charge < -0.3 is 5.32 Å². The van der Waals surface area contributed by atoms with Crippen LogP contribution in [0.25, 0.3) is 0 Å². The molecule has 2 aromatic rings. The van der Waals surface area contributed by atoms with Crippen molar-refractivity contribution in [3.05, 3.63) is 56.5 Å². The third-order valence-corrected chi connectivity index (χ3v) is 6.11. The lowest BCUT2D eigenvalue weighted by atomic mass is 10.2. The summed E-state index contributed by atoms with van der Waals surface area (Å²) in [6.07, 6.45) is 1.24. The Morgan fingerprint density at radius 3 is 2.26 bits per heavy atom. The predicted molar refractivity (Wildman–Crippen MR) is 113 cm³/mol. The van der Waals surface area contributed by atoms with Crippen LogP contribution in [0.1, 0.15) is 13.3 Å². The highest BCUT2D eigenvalue weighted by Crippen LogP contribution is 2.33. The molecule has 0 radical (unpaired) electrons. The quantitative estimate of drug-likeness (QED) is 0.569. The lowest BCUT2D eigenvalue weighted by molar-refractivity contribution is -0.117. The highest BCUT2D eigenvalue weighted by Gasteiger charge is 2.32. The molecule has 1 atom stereocenters. The number of carbonyl (C=O) groups is 1. The van der Waals surface area contributed by atoms with Crippen molar-refractivity contribution in [1.29, 1.82) is 0 Å². The van der Waals surface area contributed by atoms with E-state index in [-0.39, 0.29) is 32.9 Å². The summed E-state index contributed by atoms with van der Waals surface area (Å²) >= 11 is 23.9. The van der Waals surface area contributed by atoms with E-state index >= 15 is 0 Å². The first-order valence-electron chi connectivity index (χ1n) is 7.75. The zero-order valence-corrected chi connectivity index (χ0v) is 18.2. The third-order valence-electron chi connectivity index (χ3n) is 3.66. The van der Waals surface area contributed by atoms with Crippen molar-refractivity contribution < 1.29 is 13.2 Å². The van der Waals surface area contributed by atoms with Gasteiger partial charge in [0.25, 0.3) is 0 Å². The van der Waals surface area contributed by atoms with E-state index in [4.69, 9.17) is 46.4 Å². The van der Waals surface area contributed by atoms with Crippen LogP contribution in [0, 0.1) is 0 Å². The van der Waals surface area contributed by atoms with E-state index in [0.717, 1.165) is 10.6 Å². The van der Waals surface area contributed by atoms with E-state index in [2.05, 4.69) is 5.32 Å². The molecule has 0 aliphatic heterocycles. The molecule has 10 heteroatoms. The number of nitrogens with zero attached hydrogens (tertiary/aromatic N) is 1. The minimum absolute atomic E-state index is 0.182. The molecular formula is C17H16Cl4N2O3S. The van der Waals surface area contributed by atoms with E-state index in [0.29, 0.717) is 5.02 Å². The minimum Gasteiger partial charge on any atom is -0.323 e. The van der Waals surface area contributed by atoms with Gasteiger partial charge >= 0.3 is 0 Å². The fourth-order valence-electron chi connectivity index (χ4n) is 2.51. The van der Waals surface area contributed by atoms with Gasteiger partial charge in [-0.1, -0.05) is 59.4 Å². The zero-order chi connectivity index (χ0) is 20.4. The van der Waals surface area contributed by atoms with Crippen LogP contribution < -0.4 is 9.62 Å². The molecule has 2 rings (SSSR count). The fourth-order valence-corrected chi connectivity index (χ4v) is 4.49. The first-order chi connectivity index (χ1) is 12.5. The average molecular weight is 470 g/mol. The van der Waals surface area contributed by atoms with Gasteiger partial charge in [-0.25, -0.2) is 8.42 Å². The number of nitrogens with one attached hydrogen (secondary N) is 1. The van der Waals surface area contributed by atoms with Gasteiger partial charge in [0.15, 0.2) is 0 Å². The Kier molecular flexibility index (Phi) is 7.27. The number of halogens is 4. The first kappa shape index (κ1) is 22.1. The number of benzene rings is 2. The van der Waals surface area contributed by atoms with Gasteiger partial charge in [-0.2, -0.15) is 0 Å². The van der Waals surface area contributed by atoms with Gasteiger partial charge in [0, 0.05) is 5.02 Å².